The van der Waals surface area contributed by atoms with Gasteiger partial charge >= 0.3 is 11.9 Å². The van der Waals surface area contributed by atoms with Gasteiger partial charge in [0.15, 0.2) is 0 Å². The maximum absolute atomic E-state index is 12.4. The zero-order chi connectivity index (χ0) is 17.1. The van der Waals surface area contributed by atoms with Gasteiger partial charge in [-0.2, -0.15) is 0 Å². The molecule has 0 N–H and O–H groups in total. The summed E-state index contributed by atoms with van der Waals surface area (Å²) >= 11 is 0. The largest absolute Gasteiger partial charge is 0.435 e. The molecular weight excluding hydrogens is 300 g/mol. The van der Waals surface area contributed by atoms with Crippen molar-refractivity contribution in [1.82, 2.24) is 0 Å². The first-order chi connectivity index (χ1) is 10.7. The Bertz CT molecular complexity index is 390. The summed E-state index contributed by atoms with van der Waals surface area (Å²) < 4.78 is 21.5. The van der Waals surface area contributed by atoms with Crippen LogP contribution in [0.15, 0.2) is 0 Å². The van der Waals surface area contributed by atoms with Gasteiger partial charge in [-0.3, -0.25) is 9.59 Å². The second-order valence-electron chi connectivity index (χ2n) is 7.64. The lowest BCUT2D eigenvalue weighted by atomic mass is 9.75. The van der Waals surface area contributed by atoms with E-state index in [0.717, 1.165) is 25.7 Å². The molecular formula is C17H28O6. The predicted molar refractivity (Wildman–Crippen MR) is 82.3 cm³/mol. The van der Waals surface area contributed by atoms with Crippen LogP contribution in [0.3, 0.4) is 0 Å². The van der Waals surface area contributed by atoms with E-state index in [2.05, 4.69) is 0 Å². The van der Waals surface area contributed by atoms with Gasteiger partial charge < -0.3 is 18.9 Å². The molecule has 2 rings (SSSR count). The first kappa shape index (κ1) is 18.2. The van der Waals surface area contributed by atoms with Crippen molar-refractivity contribution in [1.29, 1.82) is 0 Å². The van der Waals surface area contributed by atoms with E-state index < -0.39 is 23.4 Å². The summed E-state index contributed by atoms with van der Waals surface area (Å²) in [4.78, 5) is 24.8. The number of carbonyl (C=O) groups excluding carboxylic acids is 2. The van der Waals surface area contributed by atoms with Crippen molar-refractivity contribution in [2.24, 2.45) is 10.8 Å². The molecule has 132 valence electrons. The van der Waals surface area contributed by atoms with Crippen molar-refractivity contribution >= 4 is 11.9 Å². The van der Waals surface area contributed by atoms with Crippen molar-refractivity contribution in [3.8, 4) is 0 Å². The molecule has 2 atom stereocenters. The van der Waals surface area contributed by atoms with Crippen LogP contribution in [0.1, 0.15) is 59.8 Å². The van der Waals surface area contributed by atoms with Crippen LogP contribution in [0.2, 0.25) is 0 Å². The van der Waals surface area contributed by atoms with Crippen molar-refractivity contribution < 1.29 is 28.5 Å². The number of hydrogen-bond acceptors (Lipinski definition) is 6. The van der Waals surface area contributed by atoms with Crippen LogP contribution in [0.4, 0.5) is 0 Å². The molecule has 2 aliphatic heterocycles. The molecule has 23 heavy (non-hydrogen) atoms. The molecule has 0 aromatic carbocycles. The van der Waals surface area contributed by atoms with Crippen LogP contribution in [-0.4, -0.2) is 37.7 Å². The molecule has 6 nitrogen and oxygen atoms in total. The number of rotatable bonds is 6. The molecule has 2 fully saturated rings. The fourth-order valence-corrected chi connectivity index (χ4v) is 3.09. The zero-order valence-corrected chi connectivity index (χ0v) is 14.6. The predicted octanol–water partition coefficient (Wildman–Crippen LogP) is 2.79. The standard InChI is InChI=1S/C17H28O6/c1-16(2,14(18)22-12-7-5-9-20-12)11-17(3,4)15(19)23-13-8-6-10-21-13/h12-13H,5-11H2,1-4H3. The van der Waals surface area contributed by atoms with Gasteiger partial charge in [0.2, 0.25) is 12.6 Å². The summed E-state index contributed by atoms with van der Waals surface area (Å²) in [5.74, 6) is -0.690. The Morgan fingerprint density at radius 3 is 1.57 bits per heavy atom. The minimum absolute atomic E-state index is 0.330. The smallest absolute Gasteiger partial charge is 0.313 e. The van der Waals surface area contributed by atoms with Gasteiger partial charge in [0.1, 0.15) is 0 Å². The molecule has 0 aromatic heterocycles. The molecule has 0 radical (unpaired) electrons. The monoisotopic (exact) mass is 328 g/mol. The quantitative estimate of drug-likeness (QED) is 0.698. The van der Waals surface area contributed by atoms with E-state index in [-0.39, 0.29) is 11.9 Å². The molecule has 0 spiro atoms. The maximum Gasteiger partial charge on any atom is 0.313 e. The summed E-state index contributed by atoms with van der Waals surface area (Å²) in [6.07, 6.45) is 2.68. The highest BCUT2D eigenvalue weighted by Crippen LogP contribution is 2.37. The van der Waals surface area contributed by atoms with Crippen LogP contribution < -0.4 is 0 Å². The second-order valence-corrected chi connectivity index (χ2v) is 7.64. The van der Waals surface area contributed by atoms with E-state index in [1.165, 1.54) is 0 Å². The van der Waals surface area contributed by atoms with Crippen molar-refractivity contribution in [3.63, 3.8) is 0 Å². The summed E-state index contributed by atoms with van der Waals surface area (Å²) in [5.41, 5.74) is -1.60. The van der Waals surface area contributed by atoms with Crippen LogP contribution in [-0.2, 0) is 28.5 Å². The molecule has 0 bridgehead atoms. The lowest BCUT2D eigenvalue weighted by molar-refractivity contribution is -0.187. The minimum atomic E-state index is -0.801. The molecule has 6 heteroatoms. The number of ether oxygens (including phenoxy) is 4. The second kappa shape index (κ2) is 7.18. The lowest BCUT2D eigenvalue weighted by Gasteiger charge is -2.32. The number of esters is 2. The molecule has 0 aliphatic carbocycles. The van der Waals surface area contributed by atoms with E-state index in [1.54, 1.807) is 27.7 Å². The Morgan fingerprint density at radius 2 is 1.26 bits per heavy atom. The van der Waals surface area contributed by atoms with Crippen LogP contribution in [0, 0.1) is 10.8 Å². The van der Waals surface area contributed by atoms with E-state index >= 15 is 0 Å². The zero-order valence-electron chi connectivity index (χ0n) is 14.6. The summed E-state index contributed by atoms with van der Waals surface area (Å²) in [7, 11) is 0. The van der Waals surface area contributed by atoms with Crippen molar-refractivity contribution in [3.05, 3.63) is 0 Å². The van der Waals surface area contributed by atoms with Gasteiger partial charge in [-0.05, 0) is 47.0 Å². The topological polar surface area (TPSA) is 71.1 Å². The van der Waals surface area contributed by atoms with E-state index in [9.17, 15) is 9.59 Å². The van der Waals surface area contributed by atoms with E-state index in [4.69, 9.17) is 18.9 Å². The minimum Gasteiger partial charge on any atom is -0.435 e. The maximum atomic E-state index is 12.4. The Morgan fingerprint density at radius 1 is 0.870 bits per heavy atom. The summed E-state index contributed by atoms with van der Waals surface area (Å²) in [5, 5.41) is 0. The highest BCUT2D eigenvalue weighted by Gasteiger charge is 2.42. The Labute approximate surface area is 137 Å². The first-order valence-electron chi connectivity index (χ1n) is 8.36. The third-order valence-corrected chi connectivity index (χ3v) is 4.24. The average Bonchev–Trinajstić information content (AvgIpc) is 3.10. The van der Waals surface area contributed by atoms with Crippen molar-refractivity contribution in [2.75, 3.05) is 13.2 Å². The average molecular weight is 328 g/mol. The first-order valence-corrected chi connectivity index (χ1v) is 8.36. The normalized spacial score (nSPS) is 25.4. The van der Waals surface area contributed by atoms with E-state index in [0.29, 0.717) is 19.6 Å². The highest BCUT2D eigenvalue weighted by atomic mass is 16.7. The molecule has 0 amide bonds. The molecule has 2 heterocycles. The number of carbonyl (C=O) groups is 2. The third-order valence-electron chi connectivity index (χ3n) is 4.24. The van der Waals surface area contributed by atoms with Gasteiger partial charge in [0.25, 0.3) is 0 Å². The fourth-order valence-electron chi connectivity index (χ4n) is 3.09. The van der Waals surface area contributed by atoms with Gasteiger partial charge in [-0.15, -0.1) is 0 Å². The van der Waals surface area contributed by atoms with Crippen LogP contribution in [0.25, 0.3) is 0 Å². The van der Waals surface area contributed by atoms with Gasteiger partial charge in [0.05, 0.1) is 24.0 Å². The van der Waals surface area contributed by atoms with E-state index in [1.807, 2.05) is 0 Å². The van der Waals surface area contributed by atoms with Crippen molar-refractivity contribution in [2.45, 2.75) is 72.4 Å². The Hall–Kier alpha value is -1.14. The molecule has 0 aromatic rings. The lowest BCUT2D eigenvalue weighted by Crippen LogP contribution is -2.39. The third kappa shape index (κ3) is 4.91. The molecule has 0 saturated carbocycles. The fraction of sp³-hybridized carbons (Fsp3) is 0.882. The van der Waals surface area contributed by atoms with Gasteiger partial charge in [-0.25, -0.2) is 0 Å². The van der Waals surface area contributed by atoms with Crippen LogP contribution in [0.5, 0.6) is 0 Å². The van der Waals surface area contributed by atoms with Crippen LogP contribution >= 0.6 is 0 Å². The summed E-state index contributed by atoms with van der Waals surface area (Å²) in [6, 6.07) is 0. The summed E-state index contributed by atoms with van der Waals surface area (Å²) in [6.45, 7) is 8.38. The van der Waals surface area contributed by atoms with Gasteiger partial charge in [0, 0.05) is 12.8 Å². The Balaban J connectivity index is 1.90. The Kier molecular flexibility index (Phi) is 5.68. The molecule has 2 saturated heterocycles. The highest BCUT2D eigenvalue weighted by molar-refractivity contribution is 5.80. The molecule has 2 unspecified atom stereocenters. The SMILES string of the molecule is CC(C)(CC(C)(C)C(=O)OC1CCCO1)C(=O)OC1CCCO1. The van der Waals surface area contributed by atoms with Gasteiger partial charge in [-0.1, -0.05) is 0 Å². The molecule has 2 aliphatic rings. The number of hydrogen-bond donors (Lipinski definition) is 0.